The predicted molar refractivity (Wildman–Crippen MR) is 47.8 cm³/mol. The maximum absolute atomic E-state index is 13.4. The normalized spacial score (nSPS) is 32.7. The number of benzene rings is 1. The zero-order chi connectivity index (χ0) is 9.42. The van der Waals surface area contributed by atoms with Gasteiger partial charge in [-0.3, -0.25) is 0 Å². The van der Waals surface area contributed by atoms with Crippen LogP contribution in [-0.2, 0) is 0 Å². The maximum Gasteiger partial charge on any atom is 0.151 e. The van der Waals surface area contributed by atoms with Gasteiger partial charge in [0.2, 0.25) is 0 Å². The average molecular weight is 181 g/mol. The highest BCUT2D eigenvalue weighted by Crippen LogP contribution is 2.36. The van der Waals surface area contributed by atoms with E-state index >= 15 is 0 Å². The Morgan fingerprint density at radius 3 is 2.62 bits per heavy atom. The van der Waals surface area contributed by atoms with Crippen molar-refractivity contribution in [1.29, 1.82) is 0 Å². The third kappa shape index (κ3) is 1.34. The Morgan fingerprint density at radius 2 is 1.92 bits per heavy atom. The molecule has 2 rings (SSSR count). The van der Waals surface area contributed by atoms with Crippen molar-refractivity contribution in [2.75, 3.05) is 0 Å². The Hall–Kier alpha value is -0.930. The molecule has 0 amide bonds. The van der Waals surface area contributed by atoms with Crippen molar-refractivity contribution in [1.82, 2.24) is 0 Å². The first-order chi connectivity index (χ1) is 6.20. The van der Waals surface area contributed by atoms with Crippen LogP contribution in [0, 0.1) is 0 Å². The van der Waals surface area contributed by atoms with Crippen molar-refractivity contribution < 1.29 is 9.50 Å². The van der Waals surface area contributed by atoms with E-state index in [0.29, 0.717) is 12.0 Å². The summed E-state index contributed by atoms with van der Waals surface area (Å²) in [5.74, 6) is 0. The van der Waals surface area contributed by atoms with E-state index in [1.165, 1.54) is 0 Å². The van der Waals surface area contributed by atoms with Crippen molar-refractivity contribution in [3.05, 3.63) is 35.4 Å². The van der Waals surface area contributed by atoms with Gasteiger partial charge in [0.05, 0.1) is 6.10 Å². The minimum absolute atomic E-state index is 0.238. The minimum Gasteiger partial charge on any atom is -0.390 e. The molecule has 3 N–H and O–H groups in total. The fourth-order valence-corrected chi connectivity index (χ4v) is 1.81. The van der Waals surface area contributed by atoms with Crippen LogP contribution in [0.5, 0.6) is 0 Å². The van der Waals surface area contributed by atoms with E-state index in [0.717, 1.165) is 5.56 Å². The van der Waals surface area contributed by atoms with Gasteiger partial charge in [-0.2, -0.15) is 0 Å². The fraction of sp³-hybridized carbons (Fsp3) is 0.400. The molecule has 0 saturated heterocycles. The third-order valence-electron chi connectivity index (χ3n) is 2.53. The van der Waals surface area contributed by atoms with E-state index in [-0.39, 0.29) is 6.04 Å². The van der Waals surface area contributed by atoms with Gasteiger partial charge in [0, 0.05) is 6.04 Å². The number of alkyl halides is 1. The molecule has 0 fully saturated rings. The summed E-state index contributed by atoms with van der Waals surface area (Å²) in [5, 5.41) is 9.34. The second-order valence-electron chi connectivity index (χ2n) is 3.44. The van der Waals surface area contributed by atoms with E-state index in [2.05, 4.69) is 0 Å². The molecular weight excluding hydrogens is 169 g/mol. The molecule has 70 valence electrons. The van der Waals surface area contributed by atoms with Gasteiger partial charge in [-0.15, -0.1) is 0 Å². The molecule has 0 saturated carbocycles. The summed E-state index contributed by atoms with van der Waals surface area (Å²) in [6.45, 7) is 0. The Bertz CT molecular complexity index is 316. The zero-order valence-electron chi connectivity index (χ0n) is 7.15. The monoisotopic (exact) mass is 181 g/mol. The average Bonchev–Trinajstić information content (AvgIpc) is 2.15. The predicted octanol–water partition coefficient (Wildman–Crippen LogP) is 1.46. The molecule has 1 aliphatic rings. The summed E-state index contributed by atoms with van der Waals surface area (Å²) in [6.07, 6.45) is -1.93. The van der Waals surface area contributed by atoms with Gasteiger partial charge in [0.15, 0.2) is 6.17 Å². The molecule has 0 heterocycles. The molecule has 1 aromatic rings. The number of hydrogen-bond acceptors (Lipinski definition) is 2. The van der Waals surface area contributed by atoms with Crippen LogP contribution in [0.15, 0.2) is 24.3 Å². The molecule has 0 spiro atoms. The molecule has 2 nitrogen and oxygen atoms in total. The summed E-state index contributed by atoms with van der Waals surface area (Å²) in [7, 11) is 0. The molecule has 0 aliphatic heterocycles. The number of hydrogen-bond donors (Lipinski definition) is 2. The first kappa shape index (κ1) is 8.66. The first-order valence-electron chi connectivity index (χ1n) is 4.36. The minimum atomic E-state index is -1.28. The number of halogens is 1. The molecule has 3 heteroatoms. The largest absolute Gasteiger partial charge is 0.390 e. The smallest absolute Gasteiger partial charge is 0.151 e. The van der Waals surface area contributed by atoms with Crippen molar-refractivity contribution in [3.8, 4) is 0 Å². The number of fused-ring (bicyclic) bond motifs is 1. The van der Waals surface area contributed by atoms with E-state index in [1.807, 2.05) is 12.1 Å². The van der Waals surface area contributed by atoms with E-state index in [9.17, 15) is 9.50 Å². The van der Waals surface area contributed by atoms with Crippen molar-refractivity contribution in [2.24, 2.45) is 5.73 Å². The van der Waals surface area contributed by atoms with Crippen LogP contribution < -0.4 is 5.73 Å². The Kier molecular flexibility index (Phi) is 2.06. The van der Waals surface area contributed by atoms with Gasteiger partial charge in [0.1, 0.15) is 0 Å². The lowest BCUT2D eigenvalue weighted by Gasteiger charge is -2.29. The van der Waals surface area contributed by atoms with Crippen molar-refractivity contribution in [2.45, 2.75) is 24.7 Å². The number of rotatable bonds is 0. The summed E-state index contributed by atoms with van der Waals surface area (Å²) in [5.41, 5.74) is 7.13. The summed E-state index contributed by atoms with van der Waals surface area (Å²) >= 11 is 0. The molecule has 0 radical (unpaired) electrons. The Morgan fingerprint density at radius 1 is 1.31 bits per heavy atom. The zero-order valence-corrected chi connectivity index (χ0v) is 7.15. The molecule has 0 unspecified atom stereocenters. The van der Waals surface area contributed by atoms with Gasteiger partial charge in [-0.25, -0.2) is 4.39 Å². The Labute approximate surface area is 76.2 Å². The van der Waals surface area contributed by atoms with Gasteiger partial charge in [0.25, 0.3) is 0 Å². The quantitative estimate of drug-likeness (QED) is 0.636. The van der Waals surface area contributed by atoms with Crippen molar-refractivity contribution in [3.63, 3.8) is 0 Å². The highest BCUT2D eigenvalue weighted by Gasteiger charge is 2.31. The SMILES string of the molecule is N[C@H]1C[C@@H](O)[C@@H](F)c2ccccc21. The molecule has 3 atom stereocenters. The van der Waals surface area contributed by atoms with Gasteiger partial charge in [-0.05, 0) is 17.5 Å². The van der Waals surface area contributed by atoms with Crippen LogP contribution in [0.4, 0.5) is 4.39 Å². The van der Waals surface area contributed by atoms with Crippen LogP contribution >= 0.6 is 0 Å². The lowest BCUT2D eigenvalue weighted by molar-refractivity contribution is 0.0547. The molecule has 0 aromatic heterocycles. The second-order valence-corrected chi connectivity index (χ2v) is 3.44. The first-order valence-corrected chi connectivity index (χ1v) is 4.36. The number of nitrogens with two attached hydrogens (primary N) is 1. The summed E-state index contributed by atoms with van der Waals surface area (Å²) < 4.78 is 13.4. The highest BCUT2D eigenvalue weighted by molar-refractivity contribution is 5.34. The van der Waals surface area contributed by atoms with E-state index in [4.69, 9.17) is 5.73 Å². The second kappa shape index (κ2) is 3.09. The summed E-state index contributed by atoms with van der Waals surface area (Å²) in [6, 6.07) is 6.86. The van der Waals surface area contributed by atoms with Gasteiger partial charge in [-0.1, -0.05) is 24.3 Å². The summed E-state index contributed by atoms with van der Waals surface area (Å²) in [4.78, 5) is 0. The molecular formula is C10H12FNO. The molecule has 1 aliphatic carbocycles. The molecule has 1 aromatic carbocycles. The maximum atomic E-state index is 13.4. The van der Waals surface area contributed by atoms with Crippen LogP contribution in [0.2, 0.25) is 0 Å². The highest BCUT2D eigenvalue weighted by atomic mass is 19.1. The molecule has 13 heavy (non-hydrogen) atoms. The van der Waals surface area contributed by atoms with Crippen LogP contribution in [-0.4, -0.2) is 11.2 Å². The number of aliphatic hydroxyl groups is 1. The lowest BCUT2D eigenvalue weighted by Crippen LogP contribution is -2.29. The van der Waals surface area contributed by atoms with Crippen LogP contribution in [0.25, 0.3) is 0 Å². The molecule has 0 bridgehead atoms. The topological polar surface area (TPSA) is 46.2 Å². The van der Waals surface area contributed by atoms with Crippen molar-refractivity contribution >= 4 is 0 Å². The third-order valence-corrected chi connectivity index (χ3v) is 2.53. The van der Waals surface area contributed by atoms with Crippen LogP contribution in [0.1, 0.15) is 29.8 Å². The fourth-order valence-electron chi connectivity index (χ4n) is 1.81. The van der Waals surface area contributed by atoms with Gasteiger partial charge >= 0.3 is 0 Å². The van der Waals surface area contributed by atoms with E-state index < -0.39 is 12.3 Å². The van der Waals surface area contributed by atoms with E-state index in [1.54, 1.807) is 12.1 Å². The van der Waals surface area contributed by atoms with Crippen LogP contribution in [0.3, 0.4) is 0 Å². The lowest BCUT2D eigenvalue weighted by atomic mass is 9.85. The number of aliphatic hydroxyl groups excluding tert-OH is 1. The standard InChI is InChI=1S/C10H12FNO/c11-10-7-4-2-1-3-6(7)8(12)5-9(10)13/h1-4,8-10,13H,5,12H2/t8-,9+,10-/m0/s1. The Balaban J connectivity index is 2.47. The van der Waals surface area contributed by atoms with Gasteiger partial charge < -0.3 is 10.8 Å².